The van der Waals surface area contributed by atoms with Crippen LogP contribution < -0.4 is 4.74 Å². The van der Waals surface area contributed by atoms with Crippen LogP contribution in [0.3, 0.4) is 0 Å². The molecule has 0 amide bonds. The van der Waals surface area contributed by atoms with Crippen molar-refractivity contribution in [2.24, 2.45) is 0 Å². The Balaban J connectivity index is 2.07. The number of halogens is 1. The minimum Gasteiger partial charge on any atom is -0.489 e. The maximum Gasteiger partial charge on any atom is 0.346 e. The quantitative estimate of drug-likeness (QED) is 0.847. The van der Waals surface area contributed by atoms with Gasteiger partial charge in [0.05, 0.1) is 0 Å². The summed E-state index contributed by atoms with van der Waals surface area (Å²) in [6, 6.07) is 9.42. The van der Waals surface area contributed by atoms with Gasteiger partial charge in [-0.3, -0.25) is 0 Å². The van der Waals surface area contributed by atoms with Crippen molar-refractivity contribution in [2.75, 3.05) is 0 Å². The van der Waals surface area contributed by atoms with E-state index in [1.54, 1.807) is 11.4 Å². The number of ether oxygens (including phenoxy) is 1. The lowest BCUT2D eigenvalue weighted by Gasteiger charge is -2.05. The molecule has 1 aromatic heterocycles. The van der Waals surface area contributed by atoms with Crippen LogP contribution in [0.25, 0.3) is 0 Å². The van der Waals surface area contributed by atoms with E-state index < -0.39 is 5.97 Å². The van der Waals surface area contributed by atoms with Crippen molar-refractivity contribution in [3.05, 3.63) is 49.7 Å². The molecule has 0 saturated heterocycles. The van der Waals surface area contributed by atoms with Gasteiger partial charge in [-0.1, -0.05) is 6.07 Å². The lowest BCUT2D eigenvalue weighted by atomic mass is 10.3. The normalized spacial score (nSPS) is 10.2. The Morgan fingerprint density at radius 1 is 1.41 bits per heavy atom. The van der Waals surface area contributed by atoms with Gasteiger partial charge in [-0.2, -0.15) is 0 Å². The number of benzene rings is 1. The van der Waals surface area contributed by atoms with Gasteiger partial charge in [0.1, 0.15) is 17.2 Å². The minimum absolute atomic E-state index is 0.283. The third-order valence-electron chi connectivity index (χ3n) is 2.13. The van der Waals surface area contributed by atoms with Gasteiger partial charge in [0.2, 0.25) is 0 Å². The van der Waals surface area contributed by atoms with Gasteiger partial charge in [-0.05, 0) is 52.2 Å². The molecule has 0 fully saturated rings. The molecule has 0 saturated carbocycles. The molecule has 0 radical (unpaired) electrons. The molecule has 0 aliphatic carbocycles. The molecule has 17 heavy (non-hydrogen) atoms. The van der Waals surface area contributed by atoms with Crippen LogP contribution in [0.5, 0.6) is 5.75 Å². The van der Waals surface area contributed by atoms with E-state index in [0.717, 1.165) is 9.32 Å². The first-order chi connectivity index (χ1) is 8.16. The molecule has 0 unspecified atom stereocenters. The van der Waals surface area contributed by atoms with Gasteiger partial charge in [0.25, 0.3) is 0 Å². The first-order valence-corrected chi connectivity index (χ1v) is 6.80. The highest BCUT2D eigenvalue weighted by atomic mass is 127. The summed E-state index contributed by atoms with van der Waals surface area (Å²) in [6.07, 6.45) is 0. The number of carboxylic acid groups (broad SMARTS) is 1. The van der Waals surface area contributed by atoms with E-state index in [1.807, 2.05) is 24.3 Å². The highest BCUT2D eigenvalue weighted by Crippen LogP contribution is 2.20. The van der Waals surface area contributed by atoms with Crippen LogP contribution in [-0.4, -0.2) is 11.1 Å². The zero-order chi connectivity index (χ0) is 12.3. The van der Waals surface area contributed by atoms with Gasteiger partial charge >= 0.3 is 5.97 Å². The minimum atomic E-state index is -0.902. The summed E-state index contributed by atoms with van der Waals surface area (Å²) in [6.45, 7) is 0.283. The fourth-order valence-corrected chi connectivity index (χ4v) is 2.62. The molecule has 1 aromatic carbocycles. The van der Waals surface area contributed by atoms with Crippen molar-refractivity contribution >= 4 is 39.9 Å². The van der Waals surface area contributed by atoms with Crippen LogP contribution in [0.15, 0.2) is 35.7 Å². The standard InChI is InChI=1S/C12H9IO3S/c13-9-2-1-3-10(6-9)16-7-8-4-5-17-11(8)12(14)15/h1-6H,7H2,(H,14,15). The van der Waals surface area contributed by atoms with Gasteiger partial charge < -0.3 is 9.84 Å². The lowest BCUT2D eigenvalue weighted by Crippen LogP contribution is -2.01. The number of rotatable bonds is 4. The third-order valence-corrected chi connectivity index (χ3v) is 3.75. The van der Waals surface area contributed by atoms with Crippen LogP contribution in [0.2, 0.25) is 0 Å². The second kappa shape index (κ2) is 5.50. The number of thiophene rings is 1. The van der Waals surface area contributed by atoms with Crippen LogP contribution in [0.1, 0.15) is 15.2 Å². The first kappa shape index (κ1) is 12.4. The molecule has 1 N–H and O–H groups in total. The molecule has 1 heterocycles. The number of carboxylic acids is 1. The van der Waals surface area contributed by atoms with Crippen molar-refractivity contribution in [2.45, 2.75) is 6.61 Å². The fourth-order valence-electron chi connectivity index (χ4n) is 1.35. The monoisotopic (exact) mass is 360 g/mol. The number of aromatic carboxylic acids is 1. The highest BCUT2D eigenvalue weighted by molar-refractivity contribution is 14.1. The summed E-state index contributed by atoms with van der Waals surface area (Å²) >= 11 is 3.42. The summed E-state index contributed by atoms with van der Waals surface area (Å²) in [5.41, 5.74) is 0.710. The van der Waals surface area contributed by atoms with Gasteiger partial charge in [-0.25, -0.2) is 4.79 Å². The Hall–Kier alpha value is -1.08. The van der Waals surface area contributed by atoms with Gasteiger partial charge in [0.15, 0.2) is 0 Å². The first-order valence-electron chi connectivity index (χ1n) is 4.85. The van der Waals surface area contributed by atoms with Crippen molar-refractivity contribution in [1.82, 2.24) is 0 Å². The molecule has 3 nitrogen and oxygen atoms in total. The number of hydrogen-bond donors (Lipinski definition) is 1. The second-order valence-corrected chi connectivity index (χ2v) is 5.49. The summed E-state index contributed by atoms with van der Waals surface area (Å²) in [7, 11) is 0. The Morgan fingerprint density at radius 2 is 2.24 bits per heavy atom. The van der Waals surface area contributed by atoms with E-state index in [4.69, 9.17) is 9.84 Å². The van der Waals surface area contributed by atoms with Crippen LogP contribution in [-0.2, 0) is 6.61 Å². The van der Waals surface area contributed by atoms with Crippen molar-refractivity contribution in [3.8, 4) is 5.75 Å². The molecule has 0 atom stereocenters. The maximum atomic E-state index is 10.9. The Morgan fingerprint density at radius 3 is 2.94 bits per heavy atom. The molecule has 2 aromatic rings. The van der Waals surface area contributed by atoms with E-state index in [-0.39, 0.29) is 6.61 Å². The molecular formula is C12H9IO3S. The van der Waals surface area contributed by atoms with E-state index >= 15 is 0 Å². The Bertz CT molecular complexity index is 536. The number of hydrogen-bond acceptors (Lipinski definition) is 3. The Labute approximate surface area is 116 Å². The van der Waals surface area contributed by atoms with Gasteiger partial charge in [-0.15, -0.1) is 11.3 Å². The van der Waals surface area contributed by atoms with Crippen LogP contribution in [0, 0.1) is 3.57 Å². The SMILES string of the molecule is O=C(O)c1sccc1COc1cccc(I)c1. The molecule has 0 aliphatic heterocycles. The van der Waals surface area contributed by atoms with E-state index in [2.05, 4.69) is 22.6 Å². The van der Waals surface area contributed by atoms with Crippen molar-refractivity contribution in [3.63, 3.8) is 0 Å². The predicted octanol–water partition coefficient (Wildman–Crippen LogP) is 3.63. The average Bonchev–Trinajstić information content (AvgIpc) is 2.74. The van der Waals surface area contributed by atoms with Crippen molar-refractivity contribution < 1.29 is 14.6 Å². The zero-order valence-electron chi connectivity index (χ0n) is 8.72. The average molecular weight is 360 g/mol. The predicted molar refractivity (Wildman–Crippen MR) is 74.8 cm³/mol. The van der Waals surface area contributed by atoms with E-state index in [9.17, 15) is 4.79 Å². The summed E-state index contributed by atoms with van der Waals surface area (Å²) in [5, 5.41) is 10.7. The van der Waals surface area contributed by atoms with Crippen LogP contribution >= 0.6 is 33.9 Å². The molecule has 88 valence electrons. The lowest BCUT2D eigenvalue weighted by molar-refractivity contribution is 0.0699. The zero-order valence-corrected chi connectivity index (χ0v) is 11.7. The van der Waals surface area contributed by atoms with Crippen molar-refractivity contribution in [1.29, 1.82) is 0 Å². The fraction of sp³-hybridized carbons (Fsp3) is 0.0833. The maximum absolute atomic E-state index is 10.9. The van der Waals surface area contributed by atoms with Gasteiger partial charge in [0, 0.05) is 9.13 Å². The topological polar surface area (TPSA) is 46.5 Å². The smallest absolute Gasteiger partial charge is 0.346 e. The molecule has 2 rings (SSSR count). The highest BCUT2D eigenvalue weighted by Gasteiger charge is 2.11. The molecule has 5 heteroatoms. The third kappa shape index (κ3) is 3.19. The van der Waals surface area contributed by atoms with Crippen LogP contribution in [0.4, 0.5) is 0 Å². The molecular weight excluding hydrogens is 351 g/mol. The molecule has 0 aliphatic rings. The van der Waals surface area contributed by atoms with E-state index in [1.165, 1.54) is 11.3 Å². The van der Waals surface area contributed by atoms with E-state index in [0.29, 0.717) is 10.4 Å². The summed E-state index contributed by atoms with van der Waals surface area (Å²) in [4.78, 5) is 11.2. The summed E-state index contributed by atoms with van der Waals surface area (Å²) < 4.78 is 6.65. The number of carbonyl (C=O) groups is 1. The second-order valence-electron chi connectivity index (χ2n) is 3.33. The molecule has 0 spiro atoms. The Kier molecular flexibility index (Phi) is 4.01. The largest absolute Gasteiger partial charge is 0.489 e. The molecule has 0 bridgehead atoms. The summed E-state index contributed by atoms with van der Waals surface area (Å²) in [5.74, 6) is -0.152.